The van der Waals surface area contributed by atoms with Gasteiger partial charge in [-0.05, 0) is 74.3 Å². The van der Waals surface area contributed by atoms with Crippen LogP contribution in [0.4, 0.5) is 0 Å². The van der Waals surface area contributed by atoms with Crippen LogP contribution in [0.1, 0.15) is 99.8 Å². The maximum atomic E-state index is 12.0. The largest absolute Gasteiger partial charge is 0.373 e. The van der Waals surface area contributed by atoms with Crippen LogP contribution in [0.2, 0.25) is 0 Å². The normalized spacial score (nSPS) is 36.0. The van der Waals surface area contributed by atoms with E-state index in [0.29, 0.717) is 24.0 Å². The van der Waals surface area contributed by atoms with Gasteiger partial charge in [0.15, 0.2) is 5.78 Å². The Morgan fingerprint density at radius 2 is 1.90 bits per heavy atom. The molecule has 29 heavy (non-hydrogen) atoms. The van der Waals surface area contributed by atoms with E-state index in [1.807, 2.05) is 19.9 Å². The smallest absolute Gasteiger partial charge is 0.155 e. The molecule has 2 fully saturated rings. The van der Waals surface area contributed by atoms with E-state index in [9.17, 15) is 9.59 Å². The number of carbonyl (C=O) groups is 2. The van der Waals surface area contributed by atoms with Crippen molar-refractivity contribution >= 4 is 11.6 Å². The topological polar surface area (TPSA) is 43.4 Å². The van der Waals surface area contributed by atoms with Crippen LogP contribution in [0.3, 0.4) is 0 Å². The molecule has 3 aliphatic rings. The van der Waals surface area contributed by atoms with Crippen molar-refractivity contribution in [2.24, 2.45) is 28.6 Å². The molecule has 0 amide bonds. The molecule has 1 heterocycles. The van der Waals surface area contributed by atoms with Gasteiger partial charge in [0, 0.05) is 17.8 Å². The molecule has 0 radical (unpaired) electrons. The maximum Gasteiger partial charge on any atom is 0.155 e. The molecule has 0 aromatic heterocycles. The summed E-state index contributed by atoms with van der Waals surface area (Å²) in [4.78, 5) is 23.9. The number of ketones is 2. The molecular formula is C26H44O3. The van der Waals surface area contributed by atoms with Gasteiger partial charge in [-0.2, -0.15) is 0 Å². The Bertz CT molecular complexity index is 621. The quantitative estimate of drug-likeness (QED) is 0.483. The summed E-state index contributed by atoms with van der Waals surface area (Å²) < 4.78 is 6.15. The molecule has 2 aliphatic carbocycles. The van der Waals surface area contributed by atoms with E-state index in [4.69, 9.17) is 4.74 Å². The van der Waals surface area contributed by atoms with Crippen molar-refractivity contribution in [1.29, 1.82) is 0 Å². The first-order valence-corrected chi connectivity index (χ1v) is 12.0. The van der Waals surface area contributed by atoms with Gasteiger partial charge in [0.05, 0.1) is 12.7 Å². The molecule has 1 saturated heterocycles. The number of Topliss-reactive ketones (excluding diaryl/α,β-unsaturated/α-hetero) is 1. The first-order valence-electron chi connectivity index (χ1n) is 12.0. The first-order chi connectivity index (χ1) is 13.6. The van der Waals surface area contributed by atoms with E-state index in [2.05, 4.69) is 27.7 Å². The van der Waals surface area contributed by atoms with E-state index >= 15 is 0 Å². The highest BCUT2D eigenvalue weighted by molar-refractivity contribution is 5.91. The Kier molecular flexibility index (Phi) is 8.30. The number of carbonyl (C=O) groups excluding carboxylic acids is 2. The summed E-state index contributed by atoms with van der Waals surface area (Å²) >= 11 is 0. The lowest BCUT2D eigenvalue weighted by Crippen LogP contribution is -2.29. The van der Waals surface area contributed by atoms with Crippen molar-refractivity contribution in [2.75, 3.05) is 6.61 Å². The SMILES string of the molecule is CC.CC(=O)C1CCCC1(C)CCC(C)C(C)CC1OCC2(C)CCC(=O)C=C12. The lowest BCUT2D eigenvalue weighted by Gasteiger charge is -2.33. The first kappa shape index (κ1) is 24.3. The molecule has 0 bridgehead atoms. The number of hydrogen-bond acceptors (Lipinski definition) is 3. The van der Waals surface area contributed by atoms with Crippen molar-refractivity contribution in [3.8, 4) is 0 Å². The highest BCUT2D eigenvalue weighted by Gasteiger charge is 2.45. The maximum absolute atomic E-state index is 12.0. The van der Waals surface area contributed by atoms with E-state index in [1.165, 1.54) is 24.8 Å². The lowest BCUT2D eigenvalue weighted by atomic mass is 9.71. The molecule has 3 heteroatoms. The molecule has 0 aromatic carbocycles. The van der Waals surface area contributed by atoms with Gasteiger partial charge >= 0.3 is 0 Å². The van der Waals surface area contributed by atoms with Crippen molar-refractivity contribution in [3.63, 3.8) is 0 Å². The van der Waals surface area contributed by atoms with Crippen molar-refractivity contribution in [3.05, 3.63) is 11.6 Å². The monoisotopic (exact) mass is 404 g/mol. The molecule has 0 aromatic rings. The lowest BCUT2D eigenvalue weighted by molar-refractivity contribution is -0.123. The van der Waals surface area contributed by atoms with E-state index < -0.39 is 0 Å². The van der Waals surface area contributed by atoms with E-state index in [-0.39, 0.29) is 28.6 Å². The second-order valence-electron chi connectivity index (χ2n) is 10.4. The molecular weight excluding hydrogens is 360 g/mol. The number of fused-ring (bicyclic) bond motifs is 1. The molecule has 0 spiro atoms. The third-order valence-electron chi connectivity index (χ3n) is 8.19. The minimum absolute atomic E-state index is 0.0770. The molecule has 6 atom stereocenters. The van der Waals surface area contributed by atoms with Crippen LogP contribution in [-0.4, -0.2) is 24.3 Å². The summed E-state index contributed by atoms with van der Waals surface area (Å²) in [6.07, 6.45) is 10.4. The molecule has 0 N–H and O–H groups in total. The summed E-state index contributed by atoms with van der Waals surface area (Å²) in [7, 11) is 0. The molecule has 3 rings (SSSR count). The van der Waals surface area contributed by atoms with Gasteiger partial charge in [0.1, 0.15) is 5.78 Å². The van der Waals surface area contributed by atoms with Crippen molar-refractivity contribution in [2.45, 2.75) is 106 Å². The number of rotatable bonds is 7. The van der Waals surface area contributed by atoms with Crippen LogP contribution >= 0.6 is 0 Å². The van der Waals surface area contributed by atoms with Gasteiger partial charge in [0.2, 0.25) is 0 Å². The zero-order chi connectivity index (χ0) is 21.8. The molecule has 1 saturated carbocycles. The molecule has 6 unspecified atom stereocenters. The number of ether oxygens (including phenoxy) is 1. The average molecular weight is 405 g/mol. The fraction of sp³-hybridized carbons (Fsp3) is 0.846. The van der Waals surface area contributed by atoms with Gasteiger partial charge in [0.25, 0.3) is 0 Å². The number of allylic oxidation sites excluding steroid dienone is 1. The standard InChI is InChI=1S/C24H38O3.C2H6/c1-16(8-11-23(4)10-6-7-20(23)18(3)25)17(2)13-22-21-14-19(26)9-12-24(21,5)15-27-22;1-2/h14,16-17,20,22H,6-13,15H2,1-5H3;1-2H3. The predicted molar refractivity (Wildman–Crippen MR) is 120 cm³/mol. The minimum Gasteiger partial charge on any atom is -0.373 e. The van der Waals surface area contributed by atoms with Crippen molar-refractivity contribution < 1.29 is 14.3 Å². The van der Waals surface area contributed by atoms with Crippen LogP contribution in [-0.2, 0) is 14.3 Å². The third-order valence-corrected chi connectivity index (χ3v) is 8.19. The van der Waals surface area contributed by atoms with E-state index in [1.54, 1.807) is 6.92 Å². The van der Waals surface area contributed by atoms with Gasteiger partial charge in [-0.1, -0.05) is 48.0 Å². The summed E-state index contributed by atoms with van der Waals surface area (Å²) in [6.45, 7) is 15.8. The summed E-state index contributed by atoms with van der Waals surface area (Å²) in [5.74, 6) is 2.06. The van der Waals surface area contributed by atoms with Gasteiger partial charge in [-0.15, -0.1) is 0 Å². The predicted octanol–water partition coefficient (Wildman–Crippen LogP) is 6.54. The minimum atomic E-state index is 0.0770. The van der Waals surface area contributed by atoms with Gasteiger partial charge in [-0.3, -0.25) is 9.59 Å². The van der Waals surface area contributed by atoms with Crippen molar-refractivity contribution in [1.82, 2.24) is 0 Å². The number of hydrogen-bond donors (Lipinski definition) is 0. The molecule has 1 aliphatic heterocycles. The summed E-state index contributed by atoms with van der Waals surface area (Å²) in [5.41, 5.74) is 1.52. The fourth-order valence-corrected chi connectivity index (χ4v) is 5.81. The van der Waals surface area contributed by atoms with Crippen LogP contribution in [0, 0.1) is 28.6 Å². The highest BCUT2D eigenvalue weighted by Crippen LogP contribution is 2.49. The molecule has 3 nitrogen and oxygen atoms in total. The summed E-state index contributed by atoms with van der Waals surface area (Å²) in [6, 6.07) is 0. The fourth-order valence-electron chi connectivity index (χ4n) is 5.81. The zero-order valence-corrected chi connectivity index (χ0v) is 20.0. The Morgan fingerprint density at radius 1 is 1.21 bits per heavy atom. The Morgan fingerprint density at radius 3 is 2.55 bits per heavy atom. The highest BCUT2D eigenvalue weighted by atomic mass is 16.5. The van der Waals surface area contributed by atoms with Crippen LogP contribution in [0.5, 0.6) is 0 Å². The Hall–Kier alpha value is -0.960. The van der Waals surface area contributed by atoms with Crippen LogP contribution in [0.25, 0.3) is 0 Å². The second kappa shape index (κ2) is 9.90. The van der Waals surface area contributed by atoms with Gasteiger partial charge < -0.3 is 4.74 Å². The summed E-state index contributed by atoms with van der Waals surface area (Å²) in [5, 5.41) is 0. The Balaban J connectivity index is 0.00000145. The van der Waals surface area contributed by atoms with Gasteiger partial charge in [-0.25, -0.2) is 0 Å². The second-order valence-corrected chi connectivity index (χ2v) is 10.4. The van der Waals surface area contributed by atoms with Crippen LogP contribution in [0.15, 0.2) is 11.6 Å². The average Bonchev–Trinajstić information content (AvgIpc) is 3.23. The molecule has 166 valence electrons. The zero-order valence-electron chi connectivity index (χ0n) is 20.0. The Labute approximate surface area is 179 Å². The third kappa shape index (κ3) is 5.40. The van der Waals surface area contributed by atoms with E-state index in [0.717, 1.165) is 32.3 Å². The van der Waals surface area contributed by atoms with Crippen LogP contribution < -0.4 is 0 Å².